The highest BCUT2D eigenvalue weighted by atomic mass is 19.4. The molecule has 1 aliphatic carbocycles. The van der Waals surface area contributed by atoms with E-state index in [1.807, 2.05) is 0 Å². The number of hydrogen-bond acceptors (Lipinski definition) is 4. The SMILES string of the molecule is CNc1nc(NC2CCCC(C)(C)C2)cc(C(F)(F)F)n1. The van der Waals surface area contributed by atoms with Gasteiger partial charge in [0.1, 0.15) is 5.82 Å². The molecule has 2 rings (SSSR count). The maximum absolute atomic E-state index is 12.8. The minimum atomic E-state index is -4.48. The third-order valence-electron chi connectivity index (χ3n) is 3.80. The average Bonchev–Trinajstić information content (AvgIpc) is 2.36. The topological polar surface area (TPSA) is 49.8 Å². The zero-order chi connectivity index (χ0) is 15.7. The Hall–Kier alpha value is -1.53. The van der Waals surface area contributed by atoms with Crippen LogP contribution in [0.3, 0.4) is 0 Å². The van der Waals surface area contributed by atoms with Crippen LogP contribution in [-0.4, -0.2) is 23.1 Å². The van der Waals surface area contributed by atoms with Crippen molar-refractivity contribution in [2.24, 2.45) is 5.41 Å². The fourth-order valence-corrected chi connectivity index (χ4v) is 2.81. The standard InChI is InChI=1S/C14H21F3N4/c1-13(2)6-4-5-9(8-13)19-11-7-10(14(15,16)17)20-12(18-3)21-11/h7,9H,4-6,8H2,1-3H3,(H2,18,19,20,21). The number of nitrogens with zero attached hydrogens (tertiary/aromatic N) is 2. The highest BCUT2D eigenvalue weighted by molar-refractivity contribution is 5.43. The van der Waals surface area contributed by atoms with Crippen LogP contribution in [0.4, 0.5) is 24.9 Å². The molecule has 1 unspecified atom stereocenters. The molecule has 0 aromatic carbocycles. The van der Waals surface area contributed by atoms with Crippen molar-refractivity contribution in [2.75, 3.05) is 17.7 Å². The second-order valence-electron chi connectivity index (χ2n) is 6.31. The van der Waals surface area contributed by atoms with E-state index in [1.165, 1.54) is 7.05 Å². The second-order valence-corrected chi connectivity index (χ2v) is 6.31. The molecule has 2 N–H and O–H groups in total. The molecule has 0 saturated heterocycles. The molecule has 0 radical (unpaired) electrons. The van der Waals surface area contributed by atoms with E-state index >= 15 is 0 Å². The fraction of sp³-hybridized carbons (Fsp3) is 0.714. The number of alkyl halides is 3. The van der Waals surface area contributed by atoms with E-state index < -0.39 is 11.9 Å². The molecule has 0 aliphatic heterocycles. The molecule has 7 heteroatoms. The van der Waals surface area contributed by atoms with Crippen LogP contribution in [0.1, 0.15) is 45.2 Å². The summed E-state index contributed by atoms with van der Waals surface area (Å²) in [6.45, 7) is 4.36. The number of nitrogens with one attached hydrogen (secondary N) is 2. The van der Waals surface area contributed by atoms with Crippen LogP contribution in [0.2, 0.25) is 0 Å². The Kier molecular flexibility index (Phi) is 4.30. The zero-order valence-electron chi connectivity index (χ0n) is 12.5. The lowest BCUT2D eigenvalue weighted by atomic mass is 9.75. The van der Waals surface area contributed by atoms with Gasteiger partial charge in [0.05, 0.1) is 0 Å². The zero-order valence-corrected chi connectivity index (χ0v) is 12.5. The van der Waals surface area contributed by atoms with Gasteiger partial charge in [-0.1, -0.05) is 20.3 Å². The van der Waals surface area contributed by atoms with Crippen LogP contribution in [0.25, 0.3) is 0 Å². The van der Waals surface area contributed by atoms with Gasteiger partial charge in [-0.05, 0) is 24.7 Å². The first-order valence-electron chi connectivity index (χ1n) is 7.10. The number of halogens is 3. The first-order chi connectivity index (χ1) is 9.69. The molecule has 1 saturated carbocycles. The van der Waals surface area contributed by atoms with Crippen LogP contribution in [0, 0.1) is 5.41 Å². The molecule has 0 spiro atoms. The summed E-state index contributed by atoms with van der Waals surface area (Å²) in [6, 6.07) is 1.12. The molecule has 118 valence electrons. The normalized spacial score (nSPS) is 21.9. The molecular formula is C14H21F3N4. The first kappa shape index (κ1) is 15.9. The summed E-state index contributed by atoms with van der Waals surface area (Å²) in [4.78, 5) is 7.53. The van der Waals surface area contributed by atoms with Gasteiger partial charge < -0.3 is 10.6 Å². The fourth-order valence-electron chi connectivity index (χ4n) is 2.81. The van der Waals surface area contributed by atoms with Crippen molar-refractivity contribution >= 4 is 11.8 Å². The lowest BCUT2D eigenvalue weighted by molar-refractivity contribution is -0.141. The van der Waals surface area contributed by atoms with Crippen molar-refractivity contribution in [1.29, 1.82) is 0 Å². The molecule has 0 bridgehead atoms. The molecule has 1 fully saturated rings. The number of aromatic nitrogens is 2. The van der Waals surface area contributed by atoms with Crippen LogP contribution in [-0.2, 0) is 6.18 Å². The molecule has 1 heterocycles. The van der Waals surface area contributed by atoms with Crippen LogP contribution < -0.4 is 10.6 Å². The van der Waals surface area contributed by atoms with Crippen LogP contribution in [0.15, 0.2) is 6.07 Å². The Balaban J connectivity index is 2.19. The van der Waals surface area contributed by atoms with Crippen molar-refractivity contribution in [3.05, 3.63) is 11.8 Å². The second kappa shape index (κ2) is 5.69. The van der Waals surface area contributed by atoms with E-state index in [2.05, 4.69) is 34.4 Å². The molecule has 1 atom stereocenters. The number of hydrogen-bond donors (Lipinski definition) is 2. The Morgan fingerprint density at radius 3 is 2.57 bits per heavy atom. The van der Waals surface area contributed by atoms with Gasteiger partial charge in [0.2, 0.25) is 5.95 Å². The van der Waals surface area contributed by atoms with E-state index in [4.69, 9.17) is 0 Å². The Labute approximate surface area is 122 Å². The third-order valence-corrected chi connectivity index (χ3v) is 3.80. The predicted octanol–water partition coefficient (Wildman–Crippen LogP) is 3.92. The molecule has 1 aliphatic rings. The van der Waals surface area contributed by atoms with E-state index in [0.29, 0.717) is 0 Å². The Morgan fingerprint density at radius 2 is 2.00 bits per heavy atom. The van der Waals surface area contributed by atoms with Gasteiger partial charge in [-0.25, -0.2) is 4.98 Å². The van der Waals surface area contributed by atoms with Crippen molar-refractivity contribution in [2.45, 2.75) is 51.7 Å². The predicted molar refractivity (Wildman–Crippen MR) is 76.2 cm³/mol. The van der Waals surface area contributed by atoms with Gasteiger partial charge in [0, 0.05) is 19.2 Å². The summed E-state index contributed by atoms with van der Waals surface area (Å²) < 4.78 is 38.5. The van der Waals surface area contributed by atoms with Crippen molar-refractivity contribution in [3.8, 4) is 0 Å². The molecule has 0 amide bonds. The van der Waals surface area contributed by atoms with Crippen molar-refractivity contribution in [1.82, 2.24) is 9.97 Å². The van der Waals surface area contributed by atoms with E-state index in [1.54, 1.807) is 0 Å². The van der Waals surface area contributed by atoms with Gasteiger partial charge in [-0.3, -0.25) is 0 Å². The van der Waals surface area contributed by atoms with E-state index in [-0.39, 0.29) is 23.2 Å². The molecule has 1 aromatic heterocycles. The lowest BCUT2D eigenvalue weighted by Gasteiger charge is -2.35. The third kappa shape index (κ3) is 4.22. The highest BCUT2D eigenvalue weighted by Crippen LogP contribution is 2.36. The summed E-state index contributed by atoms with van der Waals surface area (Å²) in [7, 11) is 1.50. The van der Waals surface area contributed by atoms with Gasteiger partial charge in [-0.15, -0.1) is 0 Å². The largest absolute Gasteiger partial charge is 0.433 e. The van der Waals surface area contributed by atoms with Crippen molar-refractivity contribution in [3.63, 3.8) is 0 Å². The van der Waals surface area contributed by atoms with Gasteiger partial charge in [0.15, 0.2) is 5.69 Å². The number of anilines is 2. The van der Waals surface area contributed by atoms with Gasteiger partial charge in [0.25, 0.3) is 0 Å². The average molecular weight is 302 g/mol. The quantitative estimate of drug-likeness (QED) is 0.888. The van der Waals surface area contributed by atoms with Crippen molar-refractivity contribution < 1.29 is 13.2 Å². The minimum Gasteiger partial charge on any atom is -0.367 e. The van der Waals surface area contributed by atoms with Gasteiger partial charge in [-0.2, -0.15) is 18.2 Å². The lowest BCUT2D eigenvalue weighted by Crippen LogP contribution is -2.32. The maximum atomic E-state index is 12.8. The first-order valence-corrected chi connectivity index (χ1v) is 7.10. The summed E-state index contributed by atoms with van der Waals surface area (Å²) in [5.41, 5.74) is -0.721. The molecule has 1 aromatic rings. The summed E-state index contributed by atoms with van der Waals surface area (Å²) >= 11 is 0. The highest BCUT2D eigenvalue weighted by Gasteiger charge is 2.34. The van der Waals surface area contributed by atoms with Crippen LogP contribution >= 0.6 is 0 Å². The number of rotatable bonds is 3. The summed E-state index contributed by atoms with van der Waals surface area (Å²) in [6.07, 6.45) is -0.390. The minimum absolute atomic E-state index is 0.0256. The van der Waals surface area contributed by atoms with E-state index in [9.17, 15) is 13.2 Å². The van der Waals surface area contributed by atoms with Gasteiger partial charge >= 0.3 is 6.18 Å². The van der Waals surface area contributed by atoms with E-state index in [0.717, 1.165) is 31.7 Å². The molecule has 21 heavy (non-hydrogen) atoms. The monoisotopic (exact) mass is 302 g/mol. The summed E-state index contributed by atoms with van der Waals surface area (Å²) in [5.74, 6) is 0.201. The maximum Gasteiger partial charge on any atom is 0.433 e. The molecule has 4 nitrogen and oxygen atoms in total. The van der Waals surface area contributed by atoms with Crippen LogP contribution in [0.5, 0.6) is 0 Å². The Bertz CT molecular complexity index is 499. The molecular weight excluding hydrogens is 281 g/mol. The summed E-state index contributed by atoms with van der Waals surface area (Å²) in [5, 5.41) is 5.70. The smallest absolute Gasteiger partial charge is 0.367 e. The Morgan fingerprint density at radius 1 is 1.29 bits per heavy atom.